The number of nitrogens with zero attached hydrogens (tertiary/aromatic N) is 3. The molecule has 2 heterocycles. The molecule has 2 fully saturated rings. The monoisotopic (exact) mass is 362 g/mol. The summed E-state index contributed by atoms with van der Waals surface area (Å²) in [5.41, 5.74) is 0. The number of nitrogens with one attached hydrogen (secondary N) is 1. The highest BCUT2D eigenvalue weighted by Gasteiger charge is 2.22. The zero-order valence-electron chi connectivity index (χ0n) is 15.5. The largest absolute Gasteiger partial charge is 0.363 e. The van der Waals surface area contributed by atoms with Crippen molar-refractivity contribution in [3.05, 3.63) is 12.3 Å². The number of anilines is 1. The van der Waals surface area contributed by atoms with Crippen molar-refractivity contribution in [1.29, 1.82) is 0 Å². The molecule has 1 N–H and O–H groups in total. The van der Waals surface area contributed by atoms with E-state index in [-0.39, 0.29) is 18.4 Å². The highest BCUT2D eigenvalue weighted by atomic mass is 16.5. The van der Waals surface area contributed by atoms with Gasteiger partial charge in [-0.3, -0.25) is 9.59 Å². The van der Waals surface area contributed by atoms with E-state index in [1.165, 1.54) is 44.8 Å². The number of aromatic nitrogens is 1. The van der Waals surface area contributed by atoms with Crippen molar-refractivity contribution in [1.82, 2.24) is 15.0 Å². The van der Waals surface area contributed by atoms with Crippen molar-refractivity contribution >= 4 is 17.6 Å². The quantitative estimate of drug-likeness (QED) is 0.730. The highest BCUT2D eigenvalue weighted by molar-refractivity contribution is 5.93. The second-order valence-corrected chi connectivity index (χ2v) is 7.49. The lowest BCUT2D eigenvalue weighted by Crippen LogP contribution is -2.42. The van der Waals surface area contributed by atoms with Crippen molar-refractivity contribution in [2.24, 2.45) is 5.92 Å². The first-order chi connectivity index (χ1) is 12.7. The minimum atomic E-state index is -0.227. The molecule has 1 saturated carbocycles. The van der Waals surface area contributed by atoms with E-state index in [1.807, 2.05) is 0 Å². The Labute approximate surface area is 155 Å². The van der Waals surface area contributed by atoms with Crippen LogP contribution in [0, 0.1) is 5.92 Å². The maximum Gasteiger partial charge on any atom is 0.245 e. The van der Waals surface area contributed by atoms with Crippen LogP contribution < -0.4 is 5.32 Å². The van der Waals surface area contributed by atoms with Crippen molar-refractivity contribution in [2.75, 3.05) is 38.0 Å². The maximum atomic E-state index is 12.7. The van der Waals surface area contributed by atoms with E-state index in [4.69, 9.17) is 4.52 Å². The number of rotatable bonds is 9. The Bertz CT molecular complexity index is 563. The van der Waals surface area contributed by atoms with E-state index in [2.05, 4.69) is 15.4 Å². The lowest BCUT2D eigenvalue weighted by molar-refractivity contribution is -0.135. The van der Waals surface area contributed by atoms with Gasteiger partial charge in [-0.25, -0.2) is 0 Å². The zero-order valence-corrected chi connectivity index (χ0v) is 15.5. The molecule has 0 bridgehead atoms. The van der Waals surface area contributed by atoms with Crippen LogP contribution in [-0.4, -0.2) is 59.5 Å². The number of carbonyl (C=O) groups excluding carboxylic acids is 2. The lowest BCUT2D eigenvalue weighted by atomic mass is 10.0. The van der Waals surface area contributed by atoms with E-state index < -0.39 is 0 Å². The normalized spacial score (nSPS) is 18.3. The molecule has 0 unspecified atom stereocenters. The maximum absolute atomic E-state index is 12.7. The molecule has 2 amide bonds. The van der Waals surface area contributed by atoms with Gasteiger partial charge in [0.05, 0.1) is 6.54 Å². The van der Waals surface area contributed by atoms with Crippen molar-refractivity contribution in [3.63, 3.8) is 0 Å². The van der Waals surface area contributed by atoms with Crippen LogP contribution in [0.4, 0.5) is 5.82 Å². The topological polar surface area (TPSA) is 78.7 Å². The SMILES string of the molecule is O=C(CN(CCN1CCCC1)C(=O)CCC1CCCC1)Nc1ccon1. The standard InChI is InChI=1S/C19H30N4O3/c24-18(20-17-9-14-26-21-17)15-23(13-12-22-10-3-4-11-22)19(25)8-7-16-5-1-2-6-16/h9,14,16H,1-8,10-13,15H2,(H,20,21,24). The van der Waals surface area contributed by atoms with Crippen molar-refractivity contribution in [2.45, 2.75) is 51.4 Å². The van der Waals surface area contributed by atoms with Gasteiger partial charge < -0.3 is 19.6 Å². The van der Waals surface area contributed by atoms with E-state index in [0.29, 0.717) is 24.7 Å². The molecule has 0 radical (unpaired) electrons. The number of hydrogen-bond donors (Lipinski definition) is 1. The van der Waals surface area contributed by atoms with Gasteiger partial charge in [0.25, 0.3) is 0 Å². The molecule has 7 nitrogen and oxygen atoms in total. The molecule has 26 heavy (non-hydrogen) atoms. The van der Waals surface area contributed by atoms with Gasteiger partial charge in [-0.1, -0.05) is 30.8 Å². The number of carbonyl (C=O) groups is 2. The van der Waals surface area contributed by atoms with E-state index in [9.17, 15) is 9.59 Å². The Morgan fingerprint density at radius 1 is 1.23 bits per heavy atom. The summed E-state index contributed by atoms with van der Waals surface area (Å²) in [6.45, 7) is 3.71. The Morgan fingerprint density at radius 3 is 2.69 bits per heavy atom. The lowest BCUT2D eigenvalue weighted by Gasteiger charge is -2.25. The molecule has 1 aromatic rings. The molecule has 1 aromatic heterocycles. The molecule has 1 saturated heterocycles. The molecule has 0 atom stereocenters. The summed E-state index contributed by atoms with van der Waals surface area (Å²) < 4.78 is 4.73. The minimum Gasteiger partial charge on any atom is -0.363 e. The summed E-state index contributed by atoms with van der Waals surface area (Å²) in [5.74, 6) is 0.928. The molecule has 3 rings (SSSR count). The summed E-state index contributed by atoms with van der Waals surface area (Å²) >= 11 is 0. The first-order valence-electron chi connectivity index (χ1n) is 9.91. The molecule has 0 spiro atoms. The third kappa shape index (κ3) is 5.83. The highest BCUT2D eigenvalue weighted by Crippen LogP contribution is 2.28. The fraction of sp³-hybridized carbons (Fsp3) is 0.737. The van der Waals surface area contributed by atoms with Gasteiger partial charge in [0.15, 0.2) is 5.82 Å². The Balaban J connectivity index is 1.50. The molecule has 1 aliphatic carbocycles. The van der Waals surface area contributed by atoms with Crippen LogP contribution in [0.25, 0.3) is 0 Å². The molecular weight excluding hydrogens is 332 g/mol. The summed E-state index contributed by atoms with van der Waals surface area (Å²) in [4.78, 5) is 29.1. The second-order valence-electron chi connectivity index (χ2n) is 7.49. The van der Waals surface area contributed by atoms with Gasteiger partial charge in [-0.2, -0.15) is 0 Å². The molecule has 0 aromatic carbocycles. The van der Waals surface area contributed by atoms with Crippen molar-refractivity contribution in [3.8, 4) is 0 Å². The minimum absolute atomic E-state index is 0.0736. The first kappa shape index (κ1) is 18.9. The second kappa shape index (κ2) is 9.71. The Kier molecular flexibility index (Phi) is 7.05. The average molecular weight is 362 g/mol. The molecule has 2 aliphatic rings. The van der Waals surface area contributed by atoms with Gasteiger partial charge in [0.2, 0.25) is 11.8 Å². The molecular formula is C19H30N4O3. The van der Waals surface area contributed by atoms with Crippen LogP contribution in [0.3, 0.4) is 0 Å². The van der Waals surface area contributed by atoms with Crippen LogP contribution in [-0.2, 0) is 9.59 Å². The predicted octanol–water partition coefficient (Wildman–Crippen LogP) is 2.51. The molecule has 7 heteroatoms. The Hall–Kier alpha value is -1.89. The summed E-state index contributed by atoms with van der Waals surface area (Å²) in [6, 6.07) is 1.59. The van der Waals surface area contributed by atoms with Gasteiger partial charge >= 0.3 is 0 Å². The van der Waals surface area contributed by atoms with E-state index in [1.54, 1.807) is 11.0 Å². The van der Waals surface area contributed by atoms with Gasteiger partial charge in [0, 0.05) is 25.6 Å². The average Bonchev–Trinajstić information content (AvgIpc) is 3.39. The third-order valence-electron chi connectivity index (χ3n) is 5.52. The van der Waals surface area contributed by atoms with Crippen LogP contribution in [0.1, 0.15) is 51.4 Å². The first-order valence-corrected chi connectivity index (χ1v) is 9.91. The number of likely N-dealkylation sites (tertiary alicyclic amines) is 1. The van der Waals surface area contributed by atoms with Gasteiger partial charge in [0.1, 0.15) is 6.26 Å². The van der Waals surface area contributed by atoms with Gasteiger partial charge in [-0.15, -0.1) is 0 Å². The fourth-order valence-electron chi connectivity index (χ4n) is 3.98. The summed E-state index contributed by atoms with van der Waals surface area (Å²) in [5, 5.41) is 6.37. The van der Waals surface area contributed by atoms with Crippen molar-refractivity contribution < 1.29 is 14.1 Å². The zero-order chi connectivity index (χ0) is 18.2. The summed E-state index contributed by atoms with van der Waals surface area (Å²) in [6.07, 6.45) is 10.4. The van der Waals surface area contributed by atoms with Crippen LogP contribution in [0.2, 0.25) is 0 Å². The van der Waals surface area contributed by atoms with Crippen LogP contribution >= 0.6 is 0 Å². The van der Waals surface area contributed by atoms with E-state index >= 15 is 0 Å². The molecule has 144 valence electrons. The van der Waals surface area contributed by atoms with Crippen LogP contribution in [0.5, 0.6) is 0 Å². The van der Waals surface area contributed by atoms with E-state index in [0.717, 1.165) is 26.1 Å². The van der Waals surface area contributed by atoms with Crippen LogP contribution in [0.15, 0.2) is 16.9 Å². The fourth-order valence-corrected chi connectivity index (χ4v) is 3.98. The third-order valence-corrected chi connectivity index (χ3v) is 5.52. The Morgan fingerprint density at radius 2 is 2.00 bits per heavy atom. The summed E-state index contributed by atoms with van der Waals surface area (Å²) in [7, 11) is 0. The number of amides is 2. The van der Waals surface area contributed by atoms with Gasteiger partial charge in [-0.05, 0) is 38.3 Å². The predicted molar refractivity (Wildman–Crippen MR) is 98.6 cm³/mol. The molecule has 1 aliphatic heterocycles. The smallest absolute Gasteiger partial charge is 0.245 e. The number of hydrogen-bond acceptors (Lipinski definition) is 5.